The Hall–Kier alpha value is -0.420. The van der Waals surface area contributed by atoms with E-state index in [1.54, 1.807) is 11.8 Å². The molecule has 0 saturated carbocycles. The molecule has 0 spiro atoms. The summed E-state index contributed by atoms with van der Waals surface area (Å²) < 4.78 is 5.14. The molecule has 0 aromatic carbocycles. The van der Waals surface area contributed by atoms with Gasteiger partial charge in [-0.05, 0) is 20.8 Å². The first kappa shape index (κ1) is 14.6. The van der Waals surface area contributed by atoms with Crippen LogP contribution >= 0.6 is 11.8 Å². The Morgan fingerprint density at radius 1 is 1.41 bits per heavy atom. The average Bonchev–Trinajstić information content (AvgIpc) is 2.36. The molecule has 1 amide bonds. The minimum atomic E-state index is -0.853. The van der Waals surface area contributed by atoms with E-state index in [4.69, 9.17) is 4.74 Å². The first-order valence-corrected chi connectivity index (χ1v) is 6.98. The number of carbonyl (C=O) groups excluding carboxylic acids is 1. The third kappa shape index (κ3) is 3.78. The number of rotatable bonds is 2. The fourth-order valence-corrected chi connectivity index (χ4v) is 3.34. The Balaban J connectivity index is 2.48. The SMILES string of the molecule is CC(C)(C)OC(=O)NCC1(O)CSCC1(C)C. The smallest absolute Gasteiger partial charge is 0.407 e. The van der Waals surface area contributed by atoms with Gasteiger partial charge in [0.1, 0.15) is 5.60 Å². The number of thioether (sulfide) groups is 1. The van der Waals surface area contributed by atoms with Gasteiger partial charge in [-0.25, -0.2) is 4.79 Å². The zero-order chi connectivity index (χ0) is 13.3. The largest absolute Gasteiger partial charge is 0.444 e. The van der Waals surface area contributed by atoms with Gasteiger partial charge in [0.25, 0.3) is 0 Å². The molecule has 1 atom stereocenters. The van der Waals surface area contributed by atoms with Gasteiger partial charge in [-0.3, -0.25) is 0 Å². The second-order valence-electron chi connectivity index (χ2n) is 6.26. The minimum absolute atomic E-state index is 0.188. The lowest BCUT2D eigenvalue weighted by Gasteiger charge is -2.36. The van der Waals surface area contributed by atoms with Gasteiger partial charge in [0.05, 0.1) is 12.1 Å². The molecule has 0 aromatic heterocycles. The molecule has 1 fully saturated rings. The van der Waals surface area contributed by atoms with Crippen molar-refractivity contribution >= 4 is 17.9 Å². The van der Waals surface area contributed by atoms with Crippen LogP contribution in [0, 0.1) is 5.41 Å². The second-order valence-corrected chi connectivity index (χ2v) is 7.25. The van der Waals surface area contributed by atoms with Crippen LogP contribution in [0.4, 0.5) is 4.79 Å². The van der Waals surface area contributed by atoms with Crippen LogP contribution in [0.15, 0.2) is 0 Å². The van der Waals surface area contributed by atoms with Crippen LogP contribution in [-0.2, 0) is 4.74 Å². The molecule has 1 unspecified atom stereocenters. The maximum absolute atomic E-state index is 11.5. The summed E-state index contributed by atoms with van der Waals surface area (Å²) in [7, 11) is 0. The Morgan fingerprint density at radius 3 is 2.41 bits per heavy atom. The van der Waals surface area contributed by atoms with Crippen LogP contribution in [0.5, 0.6) is 0 Å². The van der Waals surface area contributed by atoms with Crippen LogP contribution < -0.4 is 5.32 Å². The van der Waals surface area contributed by atoms with E-state index in [9.17, 15) is 9.90 Å². The van der Waals surface area contributed by atoms with Gasteiger partial charge in [0.15, 0.2) is 0 Å². The molecule has 0 bridgehead atoms. The number of aliphatic hydroxyl groups is 1. The van der Waals surface area contributed by atoms with Gasteiger partial charge in [-0.1, -0.05) is 13.8 Å². The molecule has 1 aliphatic rings. The summed E-state index contributed by atoms with van der Waals surface area (Å²) in [6.45, 7) is 9.72. The molecular formula is C12H23NO3S. The molecule has 5 heteroatoms. The van der Waals surface area contributed by atoms with Gasteiger partial charge in [0.2, 0.25) is 0 Å². The standard InChI is InChI=1S/C12H23NO3S/c1-10(2,3)16-9(14)13-6-12(15)8-17-7-11(12,4)5/h15H,6-8H2,1-5H3,(H,13,14). The maximum Gasteiger partial charge on any atom is 0.407 e. The predicted octanol–water partition coefficient (Wildman–Crippen LogP) is 2.02. The Morgan fingerprint density at radius 2 is 2.00 bits per heavy atom. The molecule has 2 N–H and O–H groups in total. The molecule has 1 rings (SSSR count). The third-order valence-corrected chi connectivity index (χ3v) is 4.60. The number of hydrogen-bond donors (Lipinski definition) is 2. The van der Waals surface area contributed by atoms with Crippen molar-refractivity contribution in [1.82, 2.24) is 5.32 Å². The summed E-state index contributed by atoms with van der Waals surface area (Å²) in [4.78, 5) is 11.5. The molecule has 1 aliphatic heterocycles. The summed E-state index contributed by atoms with van der Waals surface area (Å²) in [5.74, 6) is 1.55. The van der Waals surface area contributed by atoms with Crippen LogP contribution in [0.3, 0.4) is 0 Å². The van der Waals surface area contributed by atoms with E-state index in [-0.39, 0.29) is 12.0 Å². The van der Waals surface area contributed by atoms with Crippen molar-refractivity contribution in [2.45, 2.75) is 45.8 Å². The Bertz CT molecular complexity index is 299. The molecule has 0 aromatic rings. The molecule has 1 heterocycles. The van der Waals surface area contributed by atoms with Crippen LogP contribution in [0.2, 0.25) is 0 Å². The molecule has 0 aliphatic carbocycles. The Labute approximate surface area is 107 Å². The maximum atomic E-state index is 11.5. The molecule has 17 heavy (non-hydrogen) atoms. The lowest BCUT2D eigenvalue weighted by atomic mass is 9.78. The minimum Gasteiger partial charge on any atom is -0.444 e. The topological polar surface area (TPSA) is 58.6 Å². The molecule has 1 saturated heterocycles. The Kier molecular flexibility index (Phi) is 4.04. The van der Waals surface area contributed by atoms with Crippen molar-refractivity contribution < 1.29 is 14.6 Å². The summed E-state index contributed by atoms with van der Waals surface area (Å²) >= 11 is 1.71. The first-order valence-electron chi connectivity index (χ1n) is 5.83. The number of nitrogens with one attached hydrogen (secondary N) is 1. The molecule has 4 nitrogen and oxygen atoms in total. The van der Waals surface area contributed by atoms with E-state index < -0.39 is 17.3 Å². The summed E-state index contributed by atoms with van der Waals surface area (Å²) in [6, 6.07) is 0. The highest BCUT2D eigenvalue weighted by Crippen LogP contribution is 2.43. The van der Waals surface area contributed by atoms with E-state index in [0.717, 1.165) is 5.75 Å². The van der Waals surface area contributed by atoms with Gasteiger partial charge < -0.3 is 15.2 Å². The van der Waals surface area contributed by atoms with Crippen molar-refractivity contribution in [2.24, 2.45) is 5.41 Å². The fraction of sp³-hybridized carbons (Fsp3) is 0.917. The zero-order valence-corrected chi connectivity index (χ0v) is 12.1. The number of hydrogen-bond acceptors (Lipinski definition) is 4. The van der Waals surface area contributed by atoms with Gasteiger partial charge in [-0.2, -0.15) is 11.8 Å². The van der Waals surface area contributed by atoms with E-state index >= 15 is 0 Å². The van der Waals surface area contributed by atoms with Crippen molar-refractivity contribution in [1.29, 1.82) is 0 Å². The predicted molar refractivity (Wildman–Crippen MR) is 70.3 cm³/mol. The monoisotopic (exact) mass is 261 g/mol. The average molecular weight is 261 g/mol. The number of alkyl carbamates (subject to hydrolysis) is 1. The lowest BCUT2D eigenvalue weighted by molar-refractivity contribution is -0.0270. The fourth-order valence-electron chi connectivity index (χ4n) is 1.63. The van der Waals surface area contributed by atoms with Gasteiger partial charge in [-0.15, -0.1) is 0 Å². The number of carbonyl (C=O) groups is 1. The van der Waals surface area contributed by atoms with Crippen molar-refractivity contribution in [3.8, 4) is 0 Å². The van der Waals surface area contributed by atoms with Crippen molar-refractivity contribution in [3.05, 3.63) is 0 Å². The normalized spacial score (nSPS) is 27.9. The van der Waals surface area contributed by atoms with Gasteiger partial charge >= 0.3 is 6.09 Å². The van der Waals surface area contributed by atoms with Crippen LogP contribution in [-0.4, -0.2) is 40.5 Å². The van der Waals surface area contributed by atoms with Crippen LogP contribution in [0.25, 0.3) is 0 Å². The molecule has 0 radical (unpaired) electrons. The van der Waals surface area contributed by atoms with E-state index in [1.165, 1.54) is 0 Å². The first-order chi connectivity index (χ1) is 7.56. The third-order valence-electron chi connectivity index (χ3n) is 2.99. The van der Waals surface area contributed by atoms with E-state index in [1.807, 2.05) is 34.6 Å². The lowest BCUT2D eigenvalue weighted by Crippen LogP contribution is -2.52. The van der Waals surface area contributed by atoms with Crippen molar-refractivity contribution in [2.75, 3.05) is 18.1 Å². The highest BCUT2D eigenvalue weighted by Gasteiger charge is 2.48. The summed E-state index contributed by atoms with van der Waals surface area (Å²) in [5, 5.41) is 13.1. The second kappa shape index (κ2) is 4.69. The van der Waals surface area contributed by atoms with Gasteiger partial charge in [0, 0.05) is 16.9 Å². The highest BCUT2D eigenvalue weighted by atomic mass is 32.2. The van der Waals surface area contributed by atoms with E-state index in [2.05, 4.69) is 5.32 Å². The van der Waals surface area contributed by atoms with Crippen LogP contribution in [0.1, 0.15) is 34.6 Å². The summed E-state index contributed by atoms with van der Waals surface area (Å²) in [5.41, 5.74) is -1.55. The molecule has 100 valence electrons. The number of ether oxygens (including phenoxy) is 1. The highest BCUT2D eigenvalue weighted by molar-refractivity contribution is 7.99. The summed E-state index contributed by atoms with van der Waals surface area (Å²) in [6.07, 6.45) is -0.473. The number of amides is 1. The van der Waals surface area contributed by atoms with E-state index in [0.29, 0.717) is 5.75 Å². The quantitative estimate of drug-likeness (QED) is 0.798. The van der Waals surface area contributed by atoms with Crippen molar-refractivity contribution in [3.63, 3.8) is 0 Å². The molecular weight excluding hydrogens is 238 g/mol. The zero-order valence-electron chi connectivity index (χ0n) is 11.3.